The third-order valence-electron chi connectivity index (χ3n) is 3.02. The fourth-order valence-corrected chi connectivity index (χ4v) is 4.08. The normalized spacial score (nSPS) is 18.8. The molecule has 0 bridgehead atoms. The maximum absolute atomic E-state index is 13.3. The van der Waals surface area contributed by atoms with Crippen molar-refractivity contribution in [1.29, 1.82) is 0 Å². The predicted octanol–water partition coefficient (Wildman–Crippen LogP) is 3.78. The molecule has 0 aliphatic carbocycles. The summed E-state index contributed by atoms with van der Waals surface area (Å²) >= 11 is 3.12. The molecular formula is C14H12FNOS2. The Morgan fingerprint density at radius 3 is 2.95 bits per heavy atom. The van der Waals surface area contributed by atoms with Crippen molar-refractivity contribution in [3.05, 3.63) is 58.0 Å². The molecule has 0 N–H and O–H groups in total. The first-order valence-electron chi connectivity index (χ1n) is 5.97. The minimum atomic E-state index is -0.256. The van der Waals surface area contributed by atoms with Crippen molar-refractivity contribution in [2.75, 3.05) is 12.3 Å². The second-order valence-corrected chi connectivity index (χ2v) is 6.39. The van der Waals surface area contributed by atoms with E-state index >= 15 is 0 Å². The molecule has 3 rings (SSSR count). The molecule has 1 saturated heterocycles. The van der Waals surface area contributed by atoms with Gasteiger partial charge in [0, 0.05) is 12.3 Å². The van der Waals surface area contributed by atoms with Gasteiger partial charge in [-0.15, -0.1) is 23.1 Å². The number of carbonyl (C=O) groups excluding carboxylic acids is 1. The number of carbonyl (C=O) groups is 1. The Kier molecular flexibility index (Phi) is 3.57. The molecule has 1 aromatic carbocycles. The van der Waals surface area contributed by atoms with Crippen LogP contribution in [0.5, 0.6) is 0 Å². The van der Waals surface area contributed by atoms with E-state index < -0.39 is 0 Å². The number of hydrogen-bond donors (Lipinski definition) is 0. The summed E-state index contributed by atoms with van der Waals surface area (Å²) in [6.07, 6.45) is 0. The molecule has 1 aliphatic heterocycles. The number of thioether (sulfide) groups is 1. The highest BCUT2D eigenvalue weighted by atomic mass is 32.2. The third kappa shape index (κ3) is 2.53. The van der Waals surface area contributed by atoms with Crippen molar-refractivity contribution >= 4 is 29.0 Å². The maximum atomic E-state index is 13.3. The molecule has 1 amide bonds. The van der Waals surface area contributed by atoms with E-state index in [1.165, 1.54) is 23.5 Å². The summed E-state index contributed by atoms with van der Waals surface area (Å²) in [6.45, 7) is 0.711. The first-order chi connectivity index (χ1) is 9.25. The average molecular weight is 293 g/mol. The van der Waals surface area contributed by atoms with Gasteiger partial charge in [-0.1, -0.05) is 18.2 Å². The van der Waals surface area contributed by atoms with Crippen molar-refractivity contribution in [3.8, 4) is 0 Å². The topological polar surface area (TPSA) is 20.3 Å². The lowest BCUT2D eigenvalue weighted by molar-refractivity contribution is 0.0765. The van der Waals surface area contributed by atoms with Crippen LogP contribution in [0.3, 0.4) is 0 Å². The highest BCUT2D eigenvalue weighted by molar-refractivity contribution is 7.99. The summed E-state index contributed by atoms with van der Waals surface area (Å²) in [5, 5.41) is 1.82. The lowest BCUT2D eigenvalue weighted by Gasteiger charge is -2.23. The van der Waals surface area contributed by atoms with E-state index in [-0.39, 0.29) is 17.1 Å². The first-order valence-corrected chi connectivity index (χ1v) is 7.90. The standard InChI is InChI=1S/C14H12FNOS2/c15-11-4-1-3-10(9-11)14-16(6-8-19-14)13(17)12-5-2-7-18-12/h1-5,7,9,14H,6,8H2/t14-/m0/s1. The van der Waals surface area contributed by atoms with Crippen molar-refractivity contribution < 1.29 is 9.18 Å². The first kappa shape index (κ1) is 12.7. The molecule has 98 valence electrons. The van der Waals surface area contributed by atoms with Crippen LogP contribution >= 0.6 is 23.1 Å². The van der Waals surface area contributed by atoms with Crippen LogP contribution in [0.1, 0.15) is 20.6 Å². The average Bonchev–Trinajstić information content (AvgIpc) is 3.09. The van der Waals surface area contributed by atoms with E-state index in [2.05, 4.69) is 0 Å². The smallest absolute Gasteiger partial charge is 0.265 e. The number of thiophene rings is 1. The van der Waals surface area contributed by atoms with E-state index in [0.717, 1.165) is 16.2 Å². The van der Waals surface area contributed by atoms with E-state index in [4.69, 9.17) is 0 Å². The van der Waals surface area contributed by atoms with Gasteiger partial charge in [0.25, 0.3) is 5.91 Å². The van der Waals surface area contributed by atoms with Gasteiger partial charge in [-0.2, -0.15) is 0 Å². The number of rotatable bonds is 2. The van der Waals surface area contributed by atoms with Crippen LogP contribution in [0.4, 0.5) is 4.39 Å². The molecule has 19 heavy (non-hydrogen) atoms. The van der Waals surface area contributed by atoms with Crippen LogP contribution in [-0.4, -0.2) is 23.1 Å². The Morgan fingerprint density at radius 1 is 1.32 bits per heavy atom. The summed E-state index contributed by atoms with van der Waals surface area (Å²) in [5.74, 6) is 0.668. The lowest BCUT2D eigenvalue weighted by atomic mass is 10.2. The summed E-state index contributed by atoms with van der Waals surface area (Å²) < 4.78 is 13.3. The van der Waals surface area contributed by atoms with Gasteiger partial charge in [-0.25, -0.2) is 4.39 Å². The largest absolute Gasteiger partial charge is 0.321 e. The van der Waals surface area contributed by atoms with Crippen LogP contribution in [0, 0.1) is 5.82 Å². The zero-order valence-corrected chi connectivity index (χ0v) is 11.7. The van der Waals surface area contributed by atoms with Crippen LogP contribution in [0.25, 0.3) is 0 Å². The quantitative estimate of drug-likeness (QED) is 0.840. The van der Waals surface area contributed by atoms with Gasteiger partial charge in [-0.3, -0.25) is 4.79 Å². The predicted molar refractivity (Wildman–Crippen MR) is 77.0 cm³/mol. The van der Waals surface area contributed by atoms with Gasteiger partial charge in [0.15, 0.2) is 0 Å². The Balaban J connectivity index is 1.88. The minimum absolute atomic E-state index is 0.0364. The Morgan fingerprint density at radius 2 is 2.21 bits per heavy atom. The molecule has 0 spiro atoms. The van der Waals surface area contributed by atoms with Gasteiger partial charge in [0.1, 0.15) is 11.2 Å². The lowest BCUT2D eigenvalue weighted by Crippen LogP contribution is -2.29. The molecule has 2 heterocycles. The summed E-state index contributed by atoms with van der Waals surface area (Å²) in [4.78, 5) is 15.0. The van der Waals surface area contributed by atoms with Crippen LogP contribution in [0.2, 0.25) is 0 Å². The second kappa shape index (κ2) is 5.35. The van der Waals surface area contributed by atoms with Gasteiger partial charge in [-0.05, 0) is 29.1 Å². The number of benzene rings is 1. The SMILES string of the molecule is O=C(c1cccs1)N1CCS[C@H]1c1cccc(F)c1. The van der Waals surface area contributed by atoms with Crippen LogP contribution < -0.4 is 0 Å². The number of amides is 1. The zero-order valence-electron chi connectivity index (χ0n) is 10.1. The van der Waals surface area contributed by atoms with Crippen molar-refractivity contribution in [2.45, 2.75) is 5.37 Å². The summed E-state index contributed by atoms with van der Waals surface area (Å²) in [7, 11) is 0. The Bertz CT molecular complexity index is 585. The number of nitrogens with zero attached hydrogens (tertiary/aromatic N) is 1. The second-order valence-electron chi connectivity index (χ2n) is 4.25. The fraction of sp³-hybridized carbons (Fsp3) is 0.214. The number of hydrogen-bond acceptors (Lipinski definition) is 3. The number of halogens is 1. The minimum Gasteiger partial charge on any atom is -0.321 e. The van der Waals surface area contributed by atoms with Crippen molar-refractivity contribution in [1.82, 2.24) is 4.90 Å². The third-order valence-corrected chi connectivity index (χ3v) is 5.14. The van der Waals surface area contributed by atoms with E-state index in [9.17, 15) is 9.18 Å². The summed E-state index contributed by atoms with van der Waals surface area (Å²) in [5.41, 5.74) is 0.854. The Labute approximate surface area is 119 Å². The zero-order chi connectivity index (χ0) is 13.2. The molecule has 0 radical (unpaired) electrons. The highest BCUT2D eigenvalue weighted by Gasteiger charge is 2.31. The van der Waals surface area contributed by atoms with Gasteiger partial charge in [0.2, 0.25) is 0 Å². The van der Waals surface area contributed by atoms with Gasteiger partial charge < -0.3 is 4.90 Å². The van der Waals surface area contributed by atoms with Crippen molar-refractivity contribution in [3.63, 3.8) is 0 Å². The molecule has 5 heteroatoms. The monoisotopic (exact) mass is 293 g/mol. The summed E-state index contributed by atoms with van der Waals surface area (Å²) in [6, 6.07) is 10.2. The van der Waals surface area contributed by atoms with Crippen LogP contribution in [-0.2, 0) is 0 Å². The van der Waals surface area contributed by atoms with Gasteiger partial charge >= 0.3 is 0 Å². The van der Waals surface area contributed by atoms with Crippen molar-refractivity contribution in [2.24, 2.45) is 0 Å². The van der Waals surface area contributed by atoms with E-state index in [0.29, 0.717) is 6.54 Å². The molecule has 0 saturated carbocycles. The molecule has 0 unspecified atom stereocenters. The molecule has 1 aliphatic rings. The maximum Gasteiger partial charge on any atom is 0.265 e. The molecule has 1 atom stereocenters. The van der Waals surface area contributed by atoms with Gasteiger partial charge in [0.05, 0.1) is 4.88 Å². The van der Waals surface area contributed by atoms with E-state index in [1.54, 1.807) is 17.8 Å². The molecular weight excluding hydrogens is 281 g/mol. The van der Waals surface area contributed by atoms with Crippen LogP contribution in [0.15, 0.2) is 41.8 Å². The molecule has 1 fully saturated rings. The molecule has 2 aromatic rings. The highest BCUT2D eigenvalue weighted by Crippen LogP contribution is 2.39. The van der Waals surface area contributed by atoms with E-state index in [1.807, 2.05) is 28.5 Å². The fourth-order valence-electron chi connectivity index (χ4n) is 2.16. The Hall–Kier alpha value is -1.33. The molecule has 2 nitrogen and oxygen atoms in total. The molecule has 1 aromatic heterocycles.